The smallest absolute Gasteiger partial charge is 0.334 e. The number of carboxylic acid groups (broad SMARTS) is 1. The van der Waals surface area contributed by atoms with Gasteiger partial charge >= 0.3 is 5.97 Å². The van der Waals surface area contributed by atoms with Gasteiger partial charge in [-0.05, 0) is 47.6 Å². The molecule has 1 aliphatic heterocycles. The lowest BCUT2D eigenvalue weighted by Crippen LogP contribution is -2.58. The number of benzene rings is 2. The van der Waals surface area contributed by atoms with Gasteiger partial charge in [0.2, 0.25) is 0 Å². The van der Waals surface area contributed by atoms with E-state index in [2.05, 4.69) is 27.4 Å². The van der Waals surface area contributed by atoms with Crippen molar-refractivity contribution in [3.63, 3.8) is 0 Å². The highest BCUT2D eigenvalue weighted by Gasteiger charge is 2.51. The van der Waals surface area contributed by atoms with Crippen molar-refractivity contribution in [3.05, 3.63) is 76.9 Å². The maximum absolute atomic E-state index is 13.7. The minimum atomic E-state index is -1.49. The van der Waals surface area contributed by atoms with Gasteiger partial charge in [0.15, 0.2) is 5.54 Å². The van der Waals surface area contributed by atoms with Crippen LogP contribution in [-0.4, -0.2) is 35.5 Å². The zero-order valence-corrected chi connectivity index (χ0v) is 19.0. The second-order valence-electron chi connectivity index (χ2n) is 9.33. The van der Waals surface area contributed by atoms with Crippen molar-refractivity contribution in [3.8, 4) is 5.75 Å². The molecule has 0 aliphatic carbocycles. The largest absolute Gasteiger partial charge is 0.496 e. The molecule has 3 rings (SSSR count). The summed E-state index contributed by atoms with van der Waals surface area (Å²) in [6.07, 6.45) is 0.757. The lowest BCUT2D eigenvalue weighted by molar-refractivity contribution is -0.151. The molecule has 5 nitrogen and oxygen atoms in total. The molecular weight excluding hydrogens is 390 g/mol. The molecule has 5 heteroatoms. The minimum absolute atomic E-state index is 0.151. The molecule has 2 aromatic carbocycles. The van der Waals surface area contributed by atoms with Gasteiger partial charge in [-0.25, -0.2) is 4.79 Å². The zero-order valence-electron chi connectivity index (χ0n) is 19.0. The van der Waals surface area contributed by atoms with Gasteiger partial charge in [-0.3, -0.25) is 4.79 Å². The fourth-order valence-electron chi connectivity index (χ4n) is 4.52. The summed E-state index contributed by atoms with van der Waals surface area (Å²) in [6.45, 7) is 12.3. The van der Waals surface area contributed by atoms with Gasteiger partial charge in [0, 0.05) is 18.5 Å². The third-order valence-corrected chi connectivity index (χ3v) is 5.94. The Bertz CT molecular complexity index is 1030. The molecule has 0 saturated carbocycles. The number of aliphatic carboxylic acids is 1. The van der Waals surface area contributed by atoms with Gasteiger partial charge in [0.1, 0.15) is 5.75 Å². The average Bonchev–Trinajstić information content (AvgIpc) is 2.71. The summed E-state index contributed by atoms with van der Waals surface area (Å²) in [5, 5.41) is 10.4. The van der Waals surface area contributed by atoms with Crippen molar-refractivity contribution in [2.75, 3.05) is 13.7 Å². The summed E-state index contributed by atoms with van der Waals surface area (Å²) in [7, 11) is 1.58. The standard InChI is InChI=1S/C26H31NO4/c1-17(2)16-26(24(29)30)20-10-8-7-9-18(20)13-14-27(26)23(28)19-11-12-21(25(3,4)5)22(15-19)31-6/h7-12,15H,1,13-14,16H2,2-6H3,(H,29,30). The van der Waals surface area contributed by atoms with Crippen molar-refractivity contribution in [2.45, 2.75) is 51.5 Å². The first-order valence-corrected chi connectivity index (χ1v) is 10.5. The quantitative estimate of drug-likeness (QED) is 0.695. The van der Waals surface area contributed by atoms with Crippen molar-refractivity contribution >= 4 is 11.9 Å². The van der Waals surface area contributed by atoms with E-state index in [4.69, 9.17) is 4.74 Å². The number of nitrogens with zero attached hydrogens (tertiary/aromatic N) is 1. The van der Waals surface area contributed by atoms with Crippen LogP contribution < -0.4 is 4.74 Å². The maximum atomic E-state index is 13.7. The molecule has 1 N–H and O–H groups in total. The molecule has 1 heterocycles. The van der Waals surface area contributed by atoms with E-state index in [-0.39, 0.29) is 17.7 Å². The monoisotopic (exact) mass is 421 g/mol. The van der Waals surface area contributed by atoms with Crippen LogP contribution in [0.5, 0.6) is 5.75 Å². The van der Waals surface area contributed by atoms with E-state index in [1.807, 2.05) is 30.3 Å². The number of ether oxygens (including phenoxy) is 1. The Hall–Kier alpha value is -3.08. The van der Waals surface area contributed by atoms with E-state index >= 15 is 0 Å². The summed E-state index contributed by atoms with van der Waals surface area (Å²) >= 11 is 0. The number of carboxylic acids is 1. The first-order valence-electron chi connectivity index (χ1n) is 10.5. The maximum Gasteiger partial charge on any atom is 0.334 e. The van der Waals surface area contributed by atoms with Crippen LogP contribution in [0.3, 0.4) is 0 Å². The van der Waals surface area contributed by atoms with E-state index in [9.17, 15) is 14.7 Å². The number of carbonyl (C=O) groups excluding carboxylic acids is 1. The highest BCUT2D eigenvalue weighted by Crippen LogP contribution is 2.42. The van der Waals surface area contributed by atoms with E-state index in [0.717, 1.165) is 11.1 Å². The van der Waals surface area contributed by atoms with Crippen LogP contribution in [0.15, 0.2) is 54.6 Å². The van der Waals surface area contributed by atoms with Crippen LogP contribution in [0.2, 0.25) is 0 Å². The Morgan fingerprint density at radius 3 is 2.45 bits per heavy atom. The van der Waals surface area contributed by atoms with Crippen molar-refractivity contribution in [1.82, 2.24) is 4.90 Å². The second-order valence-corrected chi connectivity index (χ2v) is 9.33. The summed E-state index contributed by atoms with van der Waals surface area (Å²) in [5.41, 5.74) is 2.07. The van der Waals surface area contributed by atoms with Crippen LogP contribution in [0.1, 0.15) is 61.2 Å². The number of carbonyl (C=O) groups is 2. The summed E-state index contributed by atoms with van der Waals surface area (Å²) in [4.78, 5) is 28.0. The highest BCUT2D eigenvalue weighted by molar-refractivity contribution is 5.99. The van der Waals surface area contributed by atoms with E-state index in [0.29, 0.717) is 35.4 Å². The number of amides is 1. The van der Waals surface area contributed by atoms with E-state index in [1.54, 1.807) is 26.2 Å². The fraction of sp³-hybridized carbons (Fsp3) is 0.385. The fourth-order valence-corrected chi connectivity index (χ4v) is 4.52. The average molecular weight is 422 g/mol. The molecule has 31 heavy (non-hydrogen) atoms. The Kier molecular flexibility index (Phi) is 5.99. The van der Waals surface area contributed by atoms with Gasteiger partial charge in [-0.2, -0.15) is 0 Å². The van der Waals surface area contributed by atoms with Crippen LogP contribution in [-0.2, 0) is 22.2 Å². The number of fused-ring (bicyclic) bond motifs is 1. The van der Waals surface area contributed by atoms with Crippen molar-refractivity contribution in [2.24, 2.45) is 0 Å². The molecule has 0 aromatic heterocycles. The number of methoxy groups -OCH3 is 1. The minimum Gasteiger partial charge on any atom is -0.496 e. The Balaban J connectivity index is 2.15. The molecule has 0 saturated heterocycles. The SMILES string of the molecule is C=C(C)CC1(C(=O)O)c2ccccc2CCN1C(=O)c1ccc(C(C)(C)C)c(OC)c1. The van der Waals surface area contributed by atoms with Gasteiger partial charge in [-0.15, -0.1) is 6.58 Å². The van der Waals surface area contributed by atoms with Gasteiger partial charge in [0.25, 0.3) is 5.91 Å². The summed E-state index contributed by atoms with van der Waals surface area (Å²) in [6, 6.07) is 12.9. The van der Waals surface area contributed by atoms with Crippen LogP contribution in [0.4, 0.5) is 0 Å². The van der Waals surface area contributed by atoms with E-state index < -0.39 is 11.5 Å². The molecule has 2 aromatic rings. The number of rotatable bonds is 5. The Morgan fingerprint density at radius 1 is 1.19 bits per heavy atom. The van der Waals surface area contributed by atoms with Gasteiger partial charge < -0.3 is 14.7 Å². The second kappa shape index (κ2) is 8.22. The lowest BCUT2D eigenvalue weighted by Gasteiger charge is -2.45. The lowest BCUT2D eigenvalue weighted by atomic mass is 9.76. The third-order valence-electron chi connectivity index (χ3n) is 5.94. The molecule has 1 aliphatic rings. The highest BCUT2D eigenvalue weighted by atomic mass is 16.5. The number of hydrogen-bond acceptors (Lipinski definition) is 3. The van der Waals surface area contributed by atoms with Crippen LogP contribution in [0.25, 0.3) is 0 Å². The van der Waals surface area contributed by atoms with Crippen LogP contribution in [0, 0.1) is 0 Å². The predicted molar refractivity (Wildman–Crippen MR) is 122 cm³/mol. The molecule has 0 fully saturated rings. The van der Waals surface area contributed by atoms with Gasteiger partial charge in [0.05, 0.1) is 7.11 Å². The topological polar surface area (TPSA) is 66.8 Å². The van der Waals surface area contributed by atoms with Crippen molar-refractivity contribution in [1.29, 1.82) is 0 Å². The zero-order chi connectivity index (χ0) is 23.0. The molecule has 1 amide bonds. The molecular formula is C26H31NO4. The first kappa shape index (κ1) is 22.6. The Morgan fingerprint density at radius 2 is 1.87 bits per heavy atom. The van der Waals surface area contributed by atoms with Crippen molar-refractivity contribution < 1.29 is 19.4 Å². The third kappa shape index (κ3) is 3.97. The molecule has 0 radical (unpaired) electrons. The molecule has 0 spiro atoms. The van der Waals surface area contributed by atoms with Crippen LogP contribution >= 0.6 is 0 Å². The predicted octanol–water partition coefficient (Wildman–Crippen LogP) is 4.94. The van der Waals surface area contributed by atoms with E-state index in [1.165, 1.54) is 4.90 Å². The molecule has 1 unspecified atom stereocenters. The summed E-state index contributed by atoms with van der Waals surface area (Å²) < 4.78 is 5.57. The van der Waals surface area contributed by atoms with Gasteiger partial charge in [-0.1, -0.05) is 56.7 Å². The normalized spacial score (nSPS) is 18.3. The summed E-state index contributed by atoms with van der Waals surface area (Å²) in [5.74, 6) is -0.747. The number of hydrogen-bond donors (Lipinski definition) is 1. The molecule has 0 bridgehead atoms. The first-order chi connectivity index (χ1) is 14.5. The molecule has 1 atom stereocenters. The molecule has 164 valence electrons. The Labute approximate surface area is 184 Å².